The van der Waals surface area contributed by atoms with Gasteiger partial charge in [0.1, 0.15) is 5.75 Å². The van der Waals surface area contributed by atoms with Crippen molar-refractivity contribution >= 4 is 11.7 Å². The summed E-state index contributed by atoms with van der Waals surface area (Å²) in [7, 11) is 0. The number of carbonyl (C=O) groups is 1. The maximum absolute atomic E-state index is 10.6. The fraction of sp³-hybridized carbons (Fsp3) is 0.133. The average molecular weight is 273 g/mol. The van der Waals surface area contributed by atoms with Gasteiger partial charge in [-0.1, -0.05) is 30.3 Å². The zero-order valence-electron chi connectivity index (χ0n) is 10.7. The summed E-state index contributed by atoms with van der Waals surface area (Å²) in [6.45, 7) is 0. The lowest BCUT2D eigenvalue weighted by atomic mass is 10.1. The molecule has 0 spiro atoms. The molecule has 104 valence electrons. The van der Waals surface area contributed by atoms with E-state index < -0.39 is 12.2 Å². The van der Waals surface area contributed by atoms with Gasteiger partial charge in [-0.05, 0) is 23.8 Å². The maximum Gasteiger partial charge on any atom is 0.307 e. The lowest BCUT2D eigenvalue weighted by molar-refractivity contribution is -0.136. The number of aliphatic carboxylic acids is 1. The highest BCUT2D eigenvalue weighted by Crippen LogP contribution is 2.25. The van der Waals surface area contributed by atoms with Crippen LogP contribution in [0.5, 0.6) is 5.75 Å². The van der Waals surface area contributed by atoms with Crippen LogP contribution in [0.25, 0.3) is 0 Å². The van der Waals surface area contributed by atoms with Crippen molar-refractivity contribution < 1.29 is 20.1 Å². The van der Waals surface area contributed by atoms with E-state index in [4.69, 9.17) is 5.11 Å². The van der Waals surface area contributed by atoms with Crippen LogP contribution in [0.2, 0.25) is 0 Å². The molecule has 2 aromatic rings. The number of nitrogens with one attached hydrogen (secondary N) is 1. The van der Waals surface area contributed by atoms with Crippen LogP contribution < -0.4 is 5.32 Å². The third-order valence-electron chi connectivity index (χ3n) is 2.84. The first-order valence-electron chi connectivity index (χ1n) is 6.09. The minimum Gasteiger partial charge on any atom is -0.507 e. The average Bonchev–Trinajstić information content (AvgIpc) is 2.41. The molecule has 1 unspecified atom stereocenters. The summed E-state index contributed by atoms with van der Waals surface area (Å²) in [5.41, 5.74) is 1.69. The number of aromatic hydroxyl groups is 1. The number of benzene rings is 2. The van der Waals surface area contributed by atoms with Gasteiger partial charge in [0.05, 0.1) is 6.42 Å². The summed E-state index contributed by atoms with van der Waals surface area (Å²) in [6.07, 6.45) is -1.08. The van der Waals surface area contributed by atoms with E-state index >= 15 is 0 Å². The molecular formula is C15H15NO4. The minimum atomic E-state index is -1.04. The van der Waals surface area contributed by atoms with Gasteiger partial charge in [-0.25, -0.2) is 0 Å². The Morgan fingerprint density at radius 2 is 1.75 bits per heavy atom. The van der Waals surface area contributed by atoms with Crippen LogP contribution >= 0.6 is 0 Å². The molecular weight excluding hydrogens is 258 g/mol. The maximum atomic E-state index is 10.6. The summed E-state index contributed by atoms with van der Waals surface area (Å²) in [5, 5.41) is 31.1. The Morgan fingerprint density at radius 3 is 2.35 bits per heavy atom. The SMILES string of the molecule is O=C(O)Cc1ccc(NC(O)c2ccccc2O)cc1. The molecule has 0 saturated carbocycles. The first-order valence-corrected chi connectivity index (χ1v) is 6.09. The van der Waals surface area contributed by atoms with Crippen LogP contribution in [0.1, 0.15) is 17.4 Å². The molecule has 0 aliphatic carbocycles. The molecule has 0 amide bonds. The van der Waals surface area contributed by atoms with Crippen molar-refractivity contribution in [2.24, 2.45) is 0 Å². The monoisotopic (exact) mass is 273 g/mol. The molecule has 5 heteroatoms. The van der Waals surface area contributed by atoms with E-state index in [9.17, 15) is 15.0 Å². The van der Waals surface area contributed by atoms with Crippen molar-refractivity contribution in [1.82, 2.24) is 0 Å². The minimum absolute atomic E-state index is 0.00926. The highest BCUT2D eigenvalue weighted by atomic mass is 16.4. The molecule has 0 saturated heterocycles. The molecule has 2 rings (SSSR count). The van der Waals surface area contributed by atoms with Crippen LogP contribution in [-0.2, 0) is 11.2 Å². The second-order valence-electron chi connectivity index (χ2n) is 4.37. The molecule has 4 N–H and O–H groups in total. The third-order valence-corrected chi connectivity index (χ3v) is 2.84. The Kier molecular flexibility index (Phi) is 4.22. The van der Waals surface area contributed by atoms with Gasteiger partial charge < -0.3 is 20.6 Å². The first-order chi connectivity index (χ1) is 9.56. The van der Waals surface area contributed by atoms with Gasteiger partial charge in [-0.2, -0.15) is 0 Å². The van der Waals surface area contributed by atoms with E-state index in [0.717, 1.165) is 0 Å². The molecule has 0 heterocycles. The van der Waals surface area contributed by atoms with Crippen molar-refractivity contribution in [2.45, 2.75) is 12.6 Å². The third kappa shape index (κ3) is 3.49. The van der Waals surface area contributed by atoms with Crippen LogP contribution in [-0.4, -0.2) is 21.3 Å². The van der Waals surface area contributed by atoms with E-state index in [1.54, 1.807) is 42.5 Å². The van der Waals surface area contributed by atoms with Crippen LogP contribution in [0.3, 0.4) is 0 Å². The fourth-order valence-corrected chi connectivity index (χ4v) is 1.85. The number of aliphatic hydroxyl groups is 1. The Hall–Kier alpha value is -2.53. The summed E-state index contributed by atoms with van der Waals surface area (Å²) in [4.78, 5) is 10.6. The number of anilines is 1. The van der Waals surface area contributed by atoms with Crippen molar-refractivity contribution in [3.63, 3.8) is 0 Å². The van der Waals surface area contributed by atoms with E-state index in [1.165, 1.54) is 6.07 Å². The summed E-state index contributed by atoms with van der Waals surface area (Å²) < 4.78 is 0. The number of aliphatic hydroxyl groups excluding tert-OH is 1. The number of rotatable bonds is 5. The number of phenols is 1. The summed E-state index contributed by atoms with van der Waals surface area (Å²) >= 11 is 0. The van der Waals surface area contributed by atoms with E-state index in [2.05, 4.69) is 5.32 Å². The lowest BCUT2D eigenvalue weighted by Crippen LogP contribution is -2.10. The highest BCUT2D eigenvalue weighted by molar-refractivity contribution is 5.70. The van der Waals surface area contributed by atoms with Crippen LogP contribution in [0, 0.1) is 0 Å². The second-order valence-corrected chi connectivity index (χ2v) is 4.37. The Balaban J connectivity index is 2.06. The van der Waals surface area contributed by atoms with E-state index in [-0.39, 0.29) is 12.2 Å². The number of hydrogen-bond donors (Lipinski definition) is 4. The van der Waals surface area contributed by atoms with Crippen LogP contribution in [0.15, 0.2) is 48.5 Å². The number of carboxylic acids is 1. The molecule has 0 aromatic heterocycles. The second kappa shape index (κ2) is 6.08. The number of para-hydroxylation sites is 1. The van der Waals surface area contributed by atoms with Gasteiger partial charge in [0.2, 0.25) is 0 Å². The van der Waals surface area contributed by atoms with Gasteiger partial charge in [0, 0.05) is 11.3 Å². The summed E-state index contributed by atoms with van der Waals surface area (Å²) in [5.74, 6) is -0.880. The number of phenolic OH excluding ortho intramolecular Hbond substituents is 1. The Labute approximate surface area is 116 Å². The largest absolute Gasteiger partial charge is 0.507 e. The van der Waals surface area contributed by atoms with E-state index in [0.29, 0.717) is 16.8 Å². The molecule has 0 bridgehead atoms. The van der Waals surface area contributed by atoms with E-state index in [1.807, 2.05) is 0 Å². The zero-order chi connectivity index (χ0) is 14.5. The predicted octanol–water partition coefficient (Wildman–Crippen LogP) is 2.12. The quantitative estimate of drug-likeness (QED) is 0.627. The number of hydrogen-bond acceptors (Lipinski definition) is 4. The van der Waals surface area contributed by atoms with Crippen molar-refractivity contribution in [2.75, 3.05) is 5.32 Å². The Morgan fingerprint density at radius 1 is 1.10 bits per heavy atom. The summed E-state index contributed by atoms with van der Waals surface area (Å²) in [6, 6.07) is 13.2. The standard InChI is InChI=1S/C15H15NO4/c17-13-4-2-1-3-12(13)15(20)16-11-7-5-10(6-8-11)9-14(18)19/h1-8,15-17,20H,9H2,(H,18,19). The molecule has 5 nitrogen and oxygen atoms in total. The fourth-order valence-electron chi connectivity index (χ4n) is 1.85. The van der Waals surface area contributed by atoms with Gasteiger partial charge in [0.15, 0.2) is 6.23 Å². The van der Waals surface area contributed by atoms with Crippen LogP contribution in [0.4, 0.5) is 5.69 Å². The van der Waals surface area contributed by atoms with Crippen molar-refractivity contribution in [3.05, 3.63) is 59.7 Å². The zero-order valence-corrected chi connectivity index (χ0v) is 10.7. The molecule has 1 atom stereocenters. The predicted molar refractivity (Wildman–Crippen MR) is 74.5 cm³/mol. The molecule has 20 heavy (non-hydrogen) atoms. The van der Waals surface area contributed by atoms with Gasteiger partial charge >= 0.3 is 5.97 Å². The van der Waals surface area contributed by atoms with Gasteiger partial charge in [-0.15, -0.1) is 0 Å². The lowest BCUT2D eigenvalue weighted by Gasteiger charge is -2.15. The first kappa shape index (κ1) is 13.9. The smallest absolute Gasteiger partial charge is 0.307 e. The van der Waals surface area contributed by atoms with Gasteiger partial charge in [-0.3, -0.25) is 4.79 Å². The molecule has 0 radical (unpaired) electrons. The number of carboxylic acid groups (broad SMARTS) is 1. The normalized spacial score (nSPS) is 11.8. The van der Waals surface area contributed by atoms with Crippen molar-refractivity contribution in [3.8, 4) is 5.75 Å². The highest BCUT2D eigenvalue weighted by Gasteiger charge is 2.11. The molecule has 2 aromatic carbocycles. The molecule has 0 aliphatic heterocycles. The topological polar surface area (TPSA) is 89.8 Å². The van der Waals surface area contributed by atoms with Crippen molar-refractivity contribution in [1.29, 1.82) is 0 Å². The van der Waals surface area contributed by atoms with Gasteiger partial charge in [0.25, 0.3) is 0 Å². The Bertz CT molecular complexity index is 595. The molecule has 0 aliphatic rings. The molecule has 0 fully saturated rings.